The molecule has 0 fully saturated rings. The molecule has 1 aliphatic heterocycles. The van der Waals surface area contributed by atoms with E-state index in [1.54, 1.807) is 20.0 Å². The molecule has 4 atom stereocenters. The van der Waals surface area contributed by atoms with Gasteiger partial charge in [0.2, 0.25) is 15.9 Å². The van der Waals surface area contributed by atoms with Crippen LogP contribution < -0.4 is 4.74 Å². The molecule has 1 heterocycles. The number of aliphatic hydroxyl groups is 2. The maximum absolute atomic E-state index is 13.4. The Morgan fingerprint density at radius 3 is 2.69 bits per heavy atom. The molecule has 2 rings (SSSR count). The van der Waals surface area contributed by atoms with E-state index in [4.69, 9.17) is 9.47 Å². The summed E-state index contributed by atoms with van der Waals surface area (Å²) >= 11 is 0. The highest BCUT2D eigenvalue weighted by Crippen LogP contribution is 2.34. The number of hydrogen-bond acceptors (Lipinski definition) is 7. The van der Waals surface area contributed by atoms with Crippen LogP contribution >= 0.6 is 0 Å². The molecule has 0 saturated carbocycles. The Morgan fingerprint density at radius 2 is 2.09 bits per heavy atom. The molecule has 178 valence electrons. The Morgan fingerprint density at radius 1 is 1.41 bits per heavy atom. The number of ether oxygens (including phenoxy) is 2. The van der Waals surface area contributed by atoms with E-state index < -0.39 is 28.3 Å². The first-order valence-corrected chi connectivity index (χ1v) is 11.8. The molecular weight excluding hydrogens is 436 g/mol. The fourth-order valence-corrected chi connectivity index (χ4v) is 5.14. The molecule has 32 heavy (non-hydrogen) atoms. The number of sulfonamides is 1. The van der Waals surface area contributed by atoms with Crippen molar-refractivity contribution in [1.29, 1.82) is 0 Å². The zero-order valence-corrected chi connectivity index (χ0v) is 19.9. The Balaban J connectivity index is 2.55. The minimum Gasteiger partial charge on any atom is -0.487 e. The number of fused-ring (bicyclic) bond motifs is 1. The highest BCUT2D eigenvalue weighted by Gasteiger charge is 2.38. The molecule has 0 aromatic heterocycles. The maximum Gasteiger partial charge on any atom is 0.248 e. The number of rotatable bonds is 6. The number of methoxy groups -OCH3 is 1. The molecule has 0 radical (unpaired) electrons. The summed E-state index contributed by atoms with van der Waals surface area (Å²) in [7, 11) is -0.894. The minimum absolute atomic E-state index is 0.0387. The predicted molar refractivity (Wildman–Crippen MR) is 119 cm³/mol. The molecule has 0 bridgehead atoms. The zero-order valence-electron chi connectivity index (χ0n) is 19.1. The van der Waals surface area contributed by atoms with Crippen molar-refractivity contribution in [2.45, 2.75) is 43.9 Å². The standard InChI is InChI=1S/C22H32N2O7S/c1-15-11-24(16(2)13-25)32(28,29)21-9-8-18(7-6-17(3)26)10-19(21)31-20(15)12-23(4)22(27)14-30-5/h8-10,15-17,20,25-26H,11-14H2,1-5H3/t15-,16+,17-,20-/m1/s1. The summed E-state index contributed by atoms with van der Waals surface area (Å²) in [6.45, 7) is 4.93. The molecule has 1 amide bonds. The van der Waals surface area contributed by atoms with Gasteiger partial charge < -0.3 is 24.6 Å². The van der Waals surface area contributed by atoms with Crippen LogP contribution in [0.5, 0.6) is 5.75 Å². The van der Waals surface area contributed by atoms with Crippen LogP contribution in [-0.4, -0.2) is 92.5 Å². The van der Waals surface area contributed by atoms with Gasteiger partial charge in [0.05, 0.1) is 13.2 Å². The summed E-state index contributed by atoms with van der Waals surface area (Å²) in [5.41, 5.74) is 0.484. The van der Waals surface area contributed by atoms with Crippen LogP contribution in [0.4, 0.5) is 0 Å². The first kappa shape index (κ1) is 26.1. The molecule has 9 nitrogen and oxygen atoms in total. The van der Waals surface area contributed by atoms with E-state index in [0.717, 1.165) is 0 Å². The van der Waals surface area contributed by atoms with Gasteiger partial charge in [0.25, 0.3) is 0 Å². The van der Waals surface area contributed by atoms with Crippen molar-refractivity contribution in [1.82, 2.24) is 9.21 Å². The number of nitrogens with zero attached hydrogens (tertiary/aromatic N) is 2. The normalized spacial score (nSPS) is 22.2. The molecule has 0 saturated heterocycles. The summed E-state index contributed by atoms with van der Waals surface area (Å²) in [6, 6.07) is 3.84. The van der Waals surface area contributed by atoms with Crippen LogP contribution in [0.3, 0.4) is 0 Å². The minimum atomic E-state index is -3.96. The molecule has 1 aliphatic rings. The number of aliphatic hydroxyl groups excluding tert-OH is 2. The van der Waals surface area contributed by atoms with E-state index in [0.29, 0.717) is 5.56 Å². The van der Waals surface area contributed by atoms with Gasteiger partial charge in [-0.3, -0.25) is 4.79 Å². The van der Waals surface area contributed by atoms with E-state index in [-0.39, 0.29) is 48.8 Å². The molecule has 1 aromatic carbocycles. The number of hydrogen-bond donors (Lipinski definition) is 2. The lowest BCUT2D eigenvalue weighted by Crippen LogP contribution is -2.50. The summed E-state index contributed by atoms with van der Waals surface area (Å²) in [5, 5.41) is 19.1. The van der Waals surface area contributed by atoms with E-state index in [2.05, 4.69) is 11.8 Å². The monoisotopic (exact) mass is 468 g/mol. The lowest BCUT2D eigenvalue weighted by molar-refractivity contribution is -0.135. The smallest absolute Gasteiger partial charge is 0.248 e. The van der Waals surface area contributed by atoms with Crippen molar-refractivity contribution in [3.63, 3.8) is 0 Å². The van der Waals surface area contributed by atoms with Gasteiger partial charge >= 0.3 is 0 Å². The van der Waals surface area contributed by atoms with Crippen molar-refractivity contribution in [3.8, 4) is 17.6 Å². The van der Waals surface area contributed by atoms with Crippen molar-refractivity contribution in [3.05, 3.63) is 23.8 Å². The van der Waals surface area contributed by atoms with Crippen LogP contribution in [-0.2, 0) is 19.6 Å². The fraction of sp³-hybridized carbons (Fsp3) is 0.591. The van der Waals surface area contributed by atoms with Crippen LogP contribution in [0.2, 0.25) is 0 Å². The molecule has 10 heteroatoms. The molecule has 1 aromatic rings. The van der Waals surface area contributed by atoms with Gasteiger partial charge in [0, 0.05) is 38.2 Å². The summed E-state index contributed by atoms with van der Waals surface area (Å²) in [5.74, 6) is 5.01. The number of amides is 1. The first-order valence-electron chi connectivity index (χ1n) is 10.4. The lowest BCUT2D eigenvalue weighted by Gasteiger charge is -2.37. The Bertz CT molecular complexity index is 968. The number of carbonyl (C=O) groups is 1. The van der Waals surface area contributed by atoms with Crippen LogP contribution in [0.15, 0.2) is 23.1 Å². The second-order valence-corrected chi connectivity index (χ2v) is 9.91. The van der Waals surface area contributed by atoms with Gasteiger partial charge in [-0.2, -0.15) is 4.31 Å². The third-order valence-electron chi connectivity index (χ3n) is 5.24. The van der Waals surface area contributed by atoms with Crippen molar-refractivity contribution >= 4 is 15.9 Å². The average Bonchev–Trinajstić information content (AvgIpc) is 2.74. The van der Waals surface area contributed by atoms with Gasteiger partial charge in [0.15, 0.2) is 0 Å². The van der Waals surface area contributed by atoms with E-state index in [1.165, 1.54) is 35.4 Å². The Kier molecular flexibility index (Phi) is 9.07. The largest absolute Gasteiger partial charge is 0.487 e. The number of likely N-dealkylation sites (N-methyl/N-ethyl adjacent to an activating group) is 1. The number of benzene rings is 1. The van der Waals surface area contributed by atoms with E-state index in [1.807, 2.05) is 6.92 Å². The summed E-state index contributed by atoms with van der Waals surface area (Å²) in [6.07, 6.45) is -1.36. The van der Waals surface area contributed by atoms with Crippen molar-refractivity contribution in [2.75, 3.05) is 40.5 Å². The zero-order chi connectivity index (χ0) is 24.1. The molecule has 2 N–H and O–H groups in total. The summed E-state index contributed by atoms with van der Waals surface area (Å²) < 4.78 is 39.1. The Hall–Kier alpha value is -2.16. The van der Waals surface area contributed by atoms with Crippen LogP contribution in [0.25, 0.3) is 0 Å². The van der Waals surface area contributed by atoms with Gasteiger partial charge in [-0.1, -0.05) is 18.8 Å². The molecular formula is C22H32N2O7S. The van der Waals surface area contributed by atoms with Crippen molar-refractivity contribution in [2.24, 2.45) is 5.92 Å². The number of carbonyl (C=O) groups excluding carboxylic acids is 1. The van der Waals surface area contributed by atoms with E-state index in [9.17, 15) is 23.4 Å². The fourth-order valence-electron chi connectivity index (χ4n) is 3.31. The SMILES string of the molecule is COCC(=O)N(C)C[C@H]1Oc2cc(C#C[C@@H](C)O)ccc2S(=O)(=O)N([C@@H](C)CO)C[C@H]1C. The van der Waals surface area contributed by atoms with Crippen molar-refractivity contribution < 1.29 is 32.9 Å². The Labute approximate surface area is 190 Å². The average molecular weight is 469 g/mol. The summed E-state index contributed by atoms with van der Waals surface area (Å²) in [4.78, 5) is 13.7. The molecule has 0 aliphatic carbocycles. The lowest BCUT2D eigenvalue weighted by atomic mass is 10.0. The maximum atomic E-state index is 13.4. The van der Waals surface area contributed by atoms with Crippen LogP contribution in [0.1, 0.15) is 26.3 Å². The third kappa shape index (κ3) is 6.21. The van der Waals surface area contributed by atoms with Gasteiger partial charge in [-0.15, -0.1) is 0 Å². The second kappa shape index (κ2) is 11.1. The molecule has 0 unspecified atom stereocenters. The van der Waals surface area contributed by atoms with E-state index >= 15 is 0 Å². The predicted octanol–water partition coefficient (Wildman–Crippen LogP) is 0.292. The second-order valence-electron chi connectivity index (χ2n) is 8.05. The van der Waals surface area contributed by atoms with Crippen LogP contribution in [0, 0.1) is 17.8 Å². The highest BCUT2D eigenvalue weighted by molar-refractivity contribution is 7.89. The molecule has 0 spiro atoms. The van der Waals surface area contributed by atoms with Gasteiger partial charge in [-0.25, -0.2) is 8.42 Å². The third-order valence-corrected chi connectivity index (χ3v) is 7.26. The van der Waals surface area contributed by atoms with Gasteiger partial charge in [0.1, 0.15) is 29.5 Å². The first-order chi connectivity index (χ1) is 15.0. The highest BCUT2D eigenvalue weighted by atomic mass is 32.2. The van der Waals surface area contributed by atoms with Gasteiger partial charge in [-0.05, 0) is 32.0 Å². The topological polar surface area (TPSA) is 117 Å². The quantitative estimate of drug-likeness (QED) is 0.577.